The molecule has 6 heteroatoms. The summed E-state index contributed by atoms with van der Waals surface area (Å²) in [6.07, 6.45) is 7.51. The van der Waals surface area contributed by atoms with E-state index in [2.05, 4.69) is 16.4 Å². The van der Waals surface area contributed by atoms with Gasteiger partial charge in [0, 0.05) is 17.8 Å². The first-order valence-corrected chi connectivity index (χ1v) is 10.9. The molecule has 0 aliphatic heterocycles. The first-order chi connectivity index (χ1) is 14.9. The zero-order valence-electron chi connectivity index (χ0n) is 18.5. The largest absolute Gasteiger partial charge is 0.462 e. The van der Waals surface area contributed by atoms with Gasteiger partial charge < -0.3 is 15.0 Å². The van der Waals surface area contributed by atoms with Crippen molar-refractivity contribution < 1.29 is 19.1 Å². The molecule has 3 rings (SSSR count). The molecule has 31 heavy (non-hydrogen) atoms. The van der Waals surface area contributed by atoms with E-state index in [1.165, 1.54) is 18.4 Å². The average molecular weight is 423 g/mol. The molecule has 164 valence electrons. The number of rotatable bonds is 8. The molecular weight excluding hydrogens is 392 g/mol. The van der Waals surface area contributed by atoms with Crippen LogP contribution in [0.2, 0.25) is 0 Å². The monoisotopic (exact) mass is 422 g/mol. The van der Waals surface area contributed by atoms with Gasteiger partial charge in [0.25, 0.3) is 11.7 Å². The maximum atomic E-state index is 13.0. The van der Waals surface area contributed by atoms with Gasteiger partial charge in [0.2, 0.25) is 0 Å². The number of benzene rings is 1. The summed E-state index contributed by atoms with van der Waals surface area (Å²) in [5.41, 5.74) is 4.37. The second kappa shape index (κ2) is 10.2. The Balaban J connectivity index is 1.86. The second-order valence-electron chi connectivity index (χ2n) is 7.90. The van der Waals surface area contributed by atoms with E-state index < -0.39 is 17.7 Å². The molecule has 0 unspecified atom stereocenters. The molecule has 0 bridgehead atoms. The quantitative estimate of drug-likeness (QED) is 0.280. The van der Waals surface area contributed by atoms with Gasteiger partial charge in [-0.15, -0.1) is 0 Å². The lowest BCUT2D eigenvalue weighted by Gasteiger charge is -2.13. The van der Waals surface area contributed by atoms with Crippen LogP contribution in [0.4, 0.5) is 0 Å². The van der Waals surface area contributed by atoms with Crippen LogP contribution in [0.25, 0.3) is 11.1 Å². The fraction of sp³-hybridized carbons (Fsp3) is 0.400. The third-order valence-electron chi connectivity index (χ3n) is 5.56. The standard InChI is InChI=1S/C25H30N2O4/c1-4-31-25(30)20-17(3)27-22(21(20)19-12-10-16(2)11-13-19)23(28)24(29)26-15-14-18-8-6-5-7-9-18/h8,10-13,27H,4-7,9,14-15H2,1-3H3,(H,26,29). The molecule has 2 N–H and O–H groups in total. The van der Waals surface area contributed by atoms with E-state index in [1.54, 1.807) is 13.8 Å². The van der Waals surface area contributed by atoms with Crippen molar-refractivity contribution in [3.63, 3.8) is 0 Å². The van der Waals surface area contributed by atoms with Gasteiger partial charge in [-0.3, -0.25) is 9.59 Å². The topological polar surface area (TPSA) is 88.3 Å². The number of carbonyl (C=O) groups excluding carboxylic acids is 3. The van der Waals surface area contributed by atoms with Crippen LogP contribution in [-0.2, 0) is 9.53 Å². The molecule has 0 fully saturated rings. The summed E-state index contributed by atoms with van der Waals surface area (Å²) in [6.45, 7) is 6.03. The average Bonchev–Trinajstić information content (AvgIpc) is 3.11. The molecule has 1 amide bonds. The Morgan fingerprint density at radius 2 is 1.84 bits per heavy atom. The SMILES string of the molecule is CCOC(=O)c1c(C)[nH]c(C(=O)C(=O)NCCC2=CCCCC2)c1-c1ccc(C)cc1. The normalized spacial score (nSPS) is 13.5. The summed E-state index contributed by atoms with van der Waals surface area (Å²) < 4.78 is 5.20. The van der Waals surface area contributed by atoms with Crippen molar-refractivity contribution in [3.05, 3.63) is 58.4 Å². The van der Waals surface area contributed by atoms with Crippen molar-refractivity contribution in [1.29, 1.82) is 0 Å². The fourth-order valence-electron chi connectivity index (χ4n) is 3.92. The Bertz CT molecular complexity index is 999. The van der Waals surface area contributed by atoms with Crippen LogP contribution >= 0.6 is 0 Å². The van der Waals surface area contributed by atoms with E-state index in [0.29, 0.717) is 23.4 Å². The number of Topliss-reactive ketones (excluding diaryl/α,β-unsaturated/α-hetero) is 1. The maximum absolute atomic E-state index is 13.0. The highest BCUT2D eigenvalue weighted by Gasteiger charge is 2.29. The predicted octanol–water partition coefficient (Wildman–Crippen LogP) is 4.66. The van der Waals surface area contributed by atoms with Gasteiger partial charge in [0.05, 0.1) is 12.2 Å². The second-order valence-corrected chi connectivity index (χ2v) is 7.90. The molecule has 1 aliphatic carbocycles. The molecule has 0 atom stereocenters. The minimum Gasteiger partial charge on any atom is -0.462 e. The summed E-state index contributed by atoms with van der Waals surface area (Å²) in [4.78, 5) is 41.2. The summed E-state index contributed by atoms with van der Waals surface area (Å²) in [5, 5.41) is 2.73. The molecule has 0 saturated heterocycles. The van der Waals surface area contributed by atoms with E-state index in [-0.39, 0.29) is 17.9 Å². The van der Waals surface area contributed by atoms with Gasteiger partial charge in [-0.25, -0.2) is 4.79 Å². The first kappa shape index (κ1) is 22.5. The molecule has 1 aliphatic rings. The minimum atomic E-state index is -0.688. The number of carbonyl (C=O) groups is 3. The van der Waals surface area contributed by atoms with Gasteiger partial charge in [-0.05, 0) is 58.4 Å². The van der Waals surface area contributed by atoms with E-state index >= 15 is 0 Å². The number of aryl methyl sites for hydroxylation is 2. The molecule has 0 radical (unpaired) electrons. The number of hydrogen-bond acceptors (Lipinski definition) is 4. The lowest BCUT2D eigenvalue weighted by molar-refractivity contribution is -0.117. The van der Waals surface area contributed by atoms with E-state index in [1.807, 2.05) is 31.2 Å². The van der Waals surface area contributed by atoms with E-state index in [0.717, 1.165) is 24.8 Å². The van der Waals surface area contributed by atoms with Gasteiger partial charge in [0.15, 0.2) is 0 Å². The molecule has 1 aromatic carbocycles. The Hall–Kier alpha value is -3.15. The van der Waals surface area contributed by atoms with Crippen LogP contribution in [-0.4, -0.2) is 35.8 Å². The maximum Gasteiger partial charge on any atom is 0.340 e. The van der Waals surface area contributed by atoms with Crippen molar-refractivity contribution in [2.24, 2.45) is 0 Å². The number of ketones is 1. The molecule has 1 aromatic heterocycles. The summed E-state index contributed by atoms with van der Waals surface area (Å²) in [5.74, 6) is -1.89. The molecule has 6 nitrogen and oxygen atoms in total. The Kier molecular flexibility index (Phi) is 7.45. The first-order valence-electron chi connectivity index (χ1n) is 10.9. The van der Waals surface area contributed by atoms with Gasteiger partial charge in [0.1, 0.15) is 5.69 Å². The Morgan fingerprint density at radius 3 is 2.48 bits per heavy atom. The summed E-state index contributed by atoms with van der Waals surface area (Å²) in [7, 11) is 0. The summed E-state index contributed by atoms with van der Waals surface area (Å²) in [6, 6.07) is 7.48. The molecular formula is C25H30N2O4. The lowest BCUT2D eigenvalue weighted by atomic mass is 9.97. The highest BCUT2D eigenvalue weighted by molar-refractivity contribution is 6.43. The van der Waals surface area contributed by atoms with Crippen molar-refractivity contribution in [2.45, 2.75) is 52.9 Å². The number of esters is 1. The van der Waals surface area contributed by atoms with Crippen molar-refractivity contribution >= 4 is 17.7 Å². The molecule has 2 aromatic rings. The number of H-pyrrole nitrogens is 1. The highest BCUT2D eigenvalue weighted by atomic mass is 16.5. The number of aromatic amines is 1. The third kappa shape index (κ3) is 5.32. The number of ether oxygens (including phenoxy) is 1. The number of allylic oxidation sites excluding steroid dienone is 1. The van der Waals surface area contributed by atoms with Gasteiger partial charge in [-0.1, -0.05) is 41.5 Å². The predicted molar refractivity (Wildman–Crippen MR) is 120 cm³/mol. The molecule has 1 heterocycles. The van der Waals surface area contributed by atoms with E-state index in [4.69, 9.17) is 4.74 Å². The number of amides is 1. The fourth-order valence-corrected chi connectivity index (χ4v) is 3.92. The van der Waals surface area contributed by atoms with Crippen LogP contribution in [0.1, 0.15) is 71.1 Å². The number of hydrogen-bond donors (Lipinski definition) is 2. The minimum absolute atomic E-state index is 0.110. The Morgan fingerprint density at radius 1 is 1.10 bits per heavy atom. The zero-order valence-corrected chi connectivity index (χ0v) is 18.5. The number of aromatic nitrogens is 1. The number of nitrogens with one attached hydrogen (secondary N) is 2. The lowest BCUT2D eigenvalue weighted by Crippen LogP contribution is -2.32. The molecule has 0 spiro atoms. The van der Waals surface area contributed by atoms with Crippen LogP contribution in [0.3, 0.4) is 0 Å². The van der Waals surface area contributed by atoms with Gasteiger partial charge >= 0.3 is 5.97 Å². The van der Waals surface area contributed by atoms with Crippen molar-refractivity contribution in [2.75, 3.05) is 13.2 Å². The van der Waals surface area contributed by atoms with Crippen LogP contribution in [0.15, 0.2) is 35.9 Å². The third-order valence-corrected chi connectivity index (χ3v) is 5.56. The van der Waals surface area contributed by atoms with Crippen LogP contribution < -0.4 is 5.32 Å². The van der Waals surface area contributed by atoms with Crippen molar-refractivity contribution in [3.8, 4) is 11.1 Å². The van der Waals surface area contributed by atoms with Crippen LogP contribution in [0.5, 0.6) is 0 Å². The zero-order chi connectivity index (χ0) is 22.4. The summed E-state index contributed by atoms with van der Waals surface area (Å²) >= 11 is 0. The highest BCUT2D eigenvalue weighted by Crippen LogP contribution is 2.32. The van der Waals surface area contributed by atoms with Crippen molar-refractivity contribution in [1.82, 2.24) is 10.3 Å². The molecule has 0 saturated carbocycles. The smallest absolute Gasteiger partial charge is 0.340 e. The van der Waals surface area contributed by atoms with Gasteiger partial charge in [-0.2, -0.15) is 0 Å². The Labute approximate surface area is 183 Å². The van der Waals surface area contributed by atoms with E-state index in [9.17, 15) is 14.4 Å². The van der Waals surface area contributed by atoms with Crippen LogP contribution in [0, 0.1) is 13.8 Å².